The first-order valence-electron chi connectivity index (χ1n) is 8.33. The van der Waals surface area contributed by atoms with Gasteiger partial charge in [0.2, 0.25) is 6.54 Å². The van der Waals surface area contributed by atoms with Crippen LogP contribution in [0, 0.1) is 0 Å². The quantitative estimate of drug-likeness (QED) is 0.487. The highest BCUT2D eigenvalue weighted by molar-refractivity contribution is 7.99. The summed E-state index contributed by atoms with van der Waals surface area (Å²) in [6, 6.07) is 18.7. The molecule has 0 atom stereocenters. The smallest absolute Gasteiger partial charge is 0.290 e. The second kappa shape index (κ2) is 8.84. The molecular formula is C21H18ClN2O2S+. The minimum Gasteiger partial charge on any atom is -0.320 e. The van der Waals surface area contributed by atoms with E-state index >= 15 is 0 Å². The van der Waals surface area contributed by atoms with Gasteiger partial charge >= 0.3 is 0 Å². The van der Waals surface area contributed by atoms with Crippen molar-refractivity contribution in [3.05, 3.63) is 83.6 Å². The Bertz CT molecular complexity index is 974. The standard InChI is InChI=1S/C21H17ClN2O2S/c1-15(25)16-5-4-12-24(13-16)14-21(26)23-19-6-2-3-7-20(19)27-18-10-8-17(22)9-11-18/h2-13H,14H2,1H3/p+1. The minimum absolute atomic E-state index is 0.0329. The molecule has 0 radical (unpaired) electrons. The molecule has 0 fully saturated rings. The second-order valence-corrected chi connectivity index (χ2v) is 7.47. The molecule has 0 aliphatic carbocycles. The summed E-state index contributed by atoms with van der Waals surface area (Å²) in [5, 5.41) is 3.63. The number of aromatic nitrogens is 1. The molecule has 1 aromatic heterocycles. The molecule has 0 bridgehead atoms. The summed E-state index contributed by atoms with van der Waals surface area (Å²) in [6.45, 7) is 1.63. The number of benzene rings is 2. The van der Waals surface area contributed by atoms with E-state index in [2.05, 4.69) is 5.32 Å². The fourth-order valence-corrected chi connectivity index (χ4v) is 3.50. The molecule has 2 aromatic carbocycles. The van der Waals surface area contributed by atoms with Crippen molar-refractivity contribution in [1.82, 2.24) is 0 Å². The van der Waals surface area contributed by atoms with Crippen molar-refractivity contribution in [3.63, 3.8) is 0 Å². The van der Waals surface area contributed by atoms with Crippen molar-refractivity contribution in [1.29, 1.82) is 0 Å². The van der Waals surface area contributed by atoms with Gasteiger partial charge in [-0.15, -0.1) is 0 Å². The molecule has 1 heterocycles. The Morgan fingerprint density at radius 2 is 1.78 bits per heavy atom. The van der Waals surface area contributed by atoms with Crippen molar-refractivity contribution in [2.75, 3.05) is 5.32 Å². The van der Waals surface area contributed by atoms with Crippen LogP contribution in [0.15, 0.2) is 82.8 Å². The van der Waals surface area contributed by atoms with Gasteiger partial charge in [0.15, 0.2) is 18.2 Å². The van der Waals surface area contributed by atoms with Crippen LogP contribution in [0.3, 0.4) is 0 Å². The molecule has 3 aromatic rings. The number of carbonyl (C=O) groups is 2. The van der Waals surface area contributed by atoms with Gasteiger partial charge in [-0.2, -0.15) is 4.57 Å². The molecule has 0 unspecified atom stereocenters. The number of nitrogens with zero attached hydrogens (tertiary/aromatic N) is 1. The fourth-order valence-electron chi connectivity index (χ4n) is 2.47. The molecule has 136 valence electrons. The average Bonchev–Trinajstić information content (AvgIpc) is 2.65. The van der Waals surface area contributed by atoms with Gasteiger partial charge in [0.25, 0.3) is 5.91 Å². The first-order chi connectivity index (χ1) is 13.0. The minimum atomic E-state index is -0.162. The van der Waals surface area contributed by atoms with Crippen LogP contribution in [0.2, 0.25) is 5.02 Å². The zero-order chi connectivity index (χ0) is 19.2. The van der Waals surface area contributed by atoms with Crippen LogP contribution in [-0.2, 0) is 11.3 Å². The van der Waals surface area contributed by atoms with Crippen molar-refractivity contribution in [2.24, 2.45) is 0 Å². The summed E-state index contributed by atoms with van der Waals surface area (Å²) in [5.41, 5.74) is 1.31. The van der Waals surface area contributed by atoms with E-state index in [0.29, 0.717) is 10.6 Å². The van der Waals surface area contributed by atoms with Gasteiger partial charge in [-0.3, -0.25) is 9.59 Å². The molecule has 4 nitrogen and oxygen atoms in total. The number of rotatable bonds is 6. The topological polar surface area (TPSA) is 50.0 Å². The van der Waals surface area contributed by atoms with Gasteiger partial charge in [-0.05, 0) is 49.4 Å². The molecular weight excluding hydrogens is 380 g/mol. The van der Waals surface area contributed by atoms with E-state index in [4.69, 9.17) is 11.6 Å². The summed E-state index contributed by atoms with van der Waals surface area (Å²) in [5.74, 6) is -0.195. The van der Waals surface area contributed by atoms with Crippen molar-refractivity contribution in [2.45, 2.75) is 23.3 Å². The number of nitrogens with one attached hydrogen (secondary N) is 1. The molecule has 0 aliphatic heterocycles. The molecule has 0 spiro atoms. The number of para-hydroxylation sites is 1. The SMILES string of the molecule is CC(=O)c1ccc[n+](CC(=O)Nc2ccccc2Sc2ccc(Cl)cc2)c1. The molecule has 0 aliphatic rings. The number of anilines is 1. The molecule has 1 amide bonds. The van der Waals surface area contributed by atoms with Crippen LogP contribution in [0.5, 0.6) is 0 Å². The maximum Gasteiger partial charge on any atom is 0.290 e. The number of Topliss-reactive ketones (excluding diaryl/α,β-unsaturated/α-hetero) is 1. The maximum absolute atomic E-state index is 12.5. The lowest BCUT2D eigenvalue weighted by atomic mass is 10.2. The number of hydrogen-bond acceptors (Lipinski definition) is 3. The predicted octanol–water partition coefficient (Wildman–Crippen LogP) is 4.62. The van der Waals surface area contributed by atoms with Crippen LogP contribution in [0.25, 0.3) is 0 Å². The normalized spacial score (nSPS) is 10.4. The number of ketones is 1. The molecule has 0 saturated carbocycles. The van der Waals surface area contributed by atoms with E-state index in [9.17, 15) is 9.59 Å². The van der Waals surface area contributed by atoms with Crippen molar-refractivity contribution in [3.8, 4) is 0 Å². The van der Waals surface area contributed by atoms with Gasteiger partial charge in [0, 0.05) is 20.9 Å². The van der Waals surface area contributed by atoms with Gasteiger partial charge in [-0.1, -0.05) is 35.5 Å². The molecule has 27 heavy (non-hydrogen) atoms. The first-order valence-corrected chi connectivity index (χ1v) is 9.53. The van der Waals surface area contributed by atoms with Crippen LogP contribution in [-0.4, -0.2) is 11.7 Å². The summed E-state index contributed by atoms with van der Waals surface area (Å²) >= 11 is 7.49. The van der Waals surface area contributed by atoms with Crippen molar-refractivity contribution >= 4 is 40.7 Å². The van der Waals surface area contributed by atoms with E-state index in [1.807, 2.05) is 48.5 Å². The van der Waals surface area contributed by atoms with E-state index in [1.165, 1.54) is 6.92 Å². The second-order valence-electron chi connectivity index (χ2n) is 5.92. The van der Waals surface area contributed by atoms with Gasteiger partial charge < -0.3 is 5.32 Å². The Morgan fingerprint density at radius 3 is 2.52 bits per heavy atom. The average molecular weight is 398 g/mol. The number of halogens is 1. The lowest BCUT2D eigenvalue weighted by molar-refractivity contribution is -0.684. The lowest BCUT2D eigenvalue weighted by Crippen LogP contribution is -2.40. The predicted molar refractivity (Wildman–Crippen MR) is 107 cm³/mol. The zero-order valence-electron chi connectivity index (χ0n) is 14.7. The third-order valence-electron chi connectivity index (χ3n) is 3.79. The molecule has 0 saturated heterocycles. The Labute approximate surface area is 167 Å². The third kappa shape index (κ3) is 5.42. The summed E-state index contributed by atoms with van der Waals surface area (Å²) in [7, 11) is 0. The molecule has 1 N–H and O–H groups in total. The van der Waals surface area contributed by atoms with Crippen LogP contribution in [0.4, 0.5) is 5.69 Å². The summed E-state index contributed by atoms with van der Waals surface area (Å²) in [4.78, 5) is 25.9. The Hall–Kier alpha value is -2.63. The van der Waals surface area contributed by atoms with Gasteiger partial charge in [-0.25, -0.2) is 0 Å². The van der Waals surface area contributed by atoms with E-state index in [-0.39, 0.29) is 18.2 Å². The zero-order valence-corrected chi connectivity index (χ0v) is 16.3. The Balaban J connectivity index is 1.72. The maximum atomic E-state index is 12.5. The Morgan fingerprint density at radius 1 is 1.04 bits per heavy atom. The number of pyridine rings is 1. The largest absolute Gasteiger partial charge is 0.320 e. The summed E-state index contributed by atoms with van der Waals surface area (Å²) < 4.78 is 1.70. The van der Waals surface area contributed by atoms with Gasteiger partial charge in [0.05, 0.1) is 11.3 Å². The molecule has 3 rings (SSSR count). The number of hydrogen-bond donors (Lipinski definition) is 1. The fraction of sp³-hybridized carbons (Fsp3) is 0.0952. The first kappa shape index (κ1) is 19.1. The lowest BCUT2D eigenvalue weighted by Gasteiger charge is -2.10. The van der Waals surface area contributed by atoms with E-state index < -0.39 is 0 Å². The highest BCUT2D eigenvalue weighted by Crippen LogP contribution is 2.33. The monoisotopic (exact) mass is 397 g/mol. The number of carbonyl (C=O) groups excluding carboxylic acids is 2. The van der Waals surface area contributed by atoms with E-state index in [0.717, 1.165) is 15.5 Å². The van der Waals surface area contributed by atoms with Crippen molar-refractivity contribution < 1.29 is 14.2 Å². The van der Waals surface area contributed by atoms with Crippen LogP contribution < -0.4 is 9.88 Å². The highest BCUT2D eigenvalue weighted by atomic mass is 35.5. The van der Waals surface area contributed by atoms with Gasteiger partial charge in [0.1, 0.15) is 0 Å². The van der Waals surface area contributed by atoms with Crippen LogP contribution >= 0.6 is 23.4 Å². The third-order valence-corrected chi connectivity index (χ3v) is 5.13. The Kier molecular flexibility index (Phi) is 6.27. The summed E-state index contributed by atoms with van der Waals surface area (Å²) in [6.07, 6.45) is 3.44. The number of amides is 1. The highest BCUT2D eigenvalue weighted by Gasteiger charge is 2.14. The van der Waals surface area contributed by atoms with E-state index in [1.54, 1.807) is 40.9 Å². The van der Waals surface area contributed by atoms with Crippen LogP contribution in [0.1, 0.15) is 17.3 Å². The molecule has 6 heteroatoms.